The van der Waals surface area contributed by atoms with E-state index < -0.39 is 0 Å². The lowest BCUT2D eigenvalue weighted by Gasteiger charge is -2.41. The SMILES string of the molecule is COC(=O)COC1CCN(C(=O)CCN2CCN(C3CCNCC3)CC2)CC1.Cl.Cl.Cl. The minimum atomic E-state index is -0.348. The van der Waals surface area contributed by atoms with Crippen LogP contribution in [0.5, 0.6) is 0 Å². The fourth-order valence-corrected chi connectivity index (χ4v) is 4.45. The lowest BCUT2D eigenvalue weighted by Crippen LogP contribution is -2.53. The van der Waals surface area contributed by atoms with E-state index in [-0.39, 0.29) is 61.8 Å². The maximum absolute atomic E-state index is 12.5. The zero-order valence-corrected chi connectivity index (χ0v) is 20.9. The van der Waals surface area contributed by atoms with Crippen LogP contribution >= 0.6 is 37.2 Å². The van der Waals surface area contributed by atoms with Crippen LogP contribution < -0.4 is 5.32 Å². The first-order valence-electron chi connectivity index (χ1n) is 10.8. The molecule has 1 N–H and O–H groups in total. The van der Waals surface area contributed by atoms with Crippen molar-refractivity contribution in [1.29, 1.82) is 0 Å². The van der Waals surface area contributed by atoms with Gasteiger partial charge in [0.2, 0.25) is 5.91 Å². The van der Waals surface area contributed by atoms with Crippen LogP contribution in [0.25, 0.3) is 0 Å². The van der Waals surface area contributed by atoms with E-state index in [0.29, 0.717) is 19.5 Å². The van der Waals surface area contributed by atoms with Gasteiger partial charge in [-0.15, -0.1) is 37.2 Å². The molecule has 3 aliphatic rings. The molecule has 0 atom stereocenters. The molecule has 3 fully saturated rings. The standard InChI is InChI=1S/C20H36N4O4.3ClH/c1-27-20(26)16-28-18-4-10-24(11-5-18)19(25)6-9-22-12-14-23(15-13-22)17-2-7-21-8-3-17;;;/h17-18,21H,2-16H2,1H3;3*1H. The lowest BCUT2D eigenvalue weighted by molar-refractivity contribution is -0.150. The highest BCUT2D eigenvalue weighted by Crippen LogP contribution is 2.16. The van der Waals surface area contributed by atoms with Gasteiger partial charge in [0, 0.05) is 58.3 Å². The summed E-state index contributed by atoms with van der Waals surface area (Å²) >= 11 is 0. The van der Waals surface area contributed by atoms with Gasteiger partial charge in [-0.25, -0.2) is 4.79 Å². The van der Waals surface area contributed by atoms with Gasteiger partial charge in [0.25, 0.3) is 0 Å². The Kier molecular flexibility index (Phi) is 16.1. The fraction of sp³-hybridized carbons (Fsp3) is 0.900. The van der Waals surface area contributed by atoms with E-state index in [2.05, 4.69) is 19.9 Å². The Morgan fingerprint density at radius 3 is 2.10 bits per heavy atom. The largest absolute Gasteiger partial charge is 0.467 e. The molecule has 0 bridgehead atoms. The number of halogens is 3. The van der Waals surface area contributed by atoms with Crippen LogP contribution in [-0.4, -0.2) is 111 Å². The number of carbonyl (C=O) groups excluding carboxylic acids is 2. The van der Waals surface area contributed by atoms with Gasteiger partial charge in [-0.3, -0.25) is 9.69 Å². The highest BCUT2D eigenvalue weighted by atomic mass is 35.5. The summed E-state index contributed by atoms with van der Waals surface area (Å²) in [6, 6.07) is 0.743. The van der Waals surface area contributed by atoms with E-state index in [1.54, 1.807) is 0 Å². The minimum Gasteiger partial charge on any atom is -0.467 e. The molecular weight excluding hydrogens is 467 g/mol. The summed E-state index contributed by atoms with van der Waals surface area (Å²) in [7, 11) is 1.36. The second kappa shape index (κ2) is 16.3. The topological polar surface area (TPSA) is 74.4 Å². The van der Waals surface area contributed by atoms with E-state index in [9.17, 15) is 9.59 Å². The number of carbonyl (C=O) groups is 2. The van der Waals surface area contributed by atoms with Crippen molar-refractivity contribution >= 4 is 49.1 Å². The monoisotopic (exact) mass is 504 g/mol. The molecule has 3 rings (SSSR count). The first kappa shape index (κ1) is 30.6. The predicted octanol–water partition coefficient (Wildman–Crippen LogP) is 1.19. The number of hydrogen-bond acceptors (Lipinski definition) is 7. The summed E-state index contributed by atoms with van der Waals surface area (Å²) in [5.74, 6) is -0.106. The van der Waals surface area contributed by atoms with Crippen LogP contribution in [0.3, 0.4) is 0 Å². The smallest absolute Gasteiger partial charge is 0.331 e. The molecule has 3 aliphatic heterocycles. The Bertz CT molecular complexity index is 511. The average molecular weight is 506 g/mol. The van der Waals surface area contributed by atoms with Crippen molar-refractivity contribution in [3.8, 4) is 0 Å². The molecule has 3 heterocycles. The fourth-order valence-electron chi connectivity index (χ4n) is 4.45. The van der Waals surface area contributed by atoms with Crippen molar-refractivity contribution in [1.82, 2.24) is 20.0 Å². The van der Waals surface area contributed by atoms with E-state index in [0.717, 1.165) is 64.7 Å². The zero-order valence-electron chi connectivity index (χ0n) is 18.5. The minimum absolute atomic E-state index is 0. The van der Waals surface area contributed by atoms with Gasteiger partial charge in [-0.2, -0.15) is 0 Å². The zero-order chi connectivity index (χ0) is 19.8. The average Bonchev–Trinajstić information content (AvgIpc) is 2.77. The Hall–Kier alpha value is -0.350. The van der Waals surface area contributed by atoms with Gasteiger partial charge in [0.1, 0.15) is 6.61 Å². The number of piperidine rings is 2. The summed E-state index contributed by atoms with van der Waals surface area (Å²) in [4.78, 5) is 30.7. The molecule has 3 saturated heterocycles. The first-order valence-corrected chi connectivity index (χ1v) is 10.8. The van der Waals surface area contributed by atoms with Crippen molar-refractivity contribution in [2.24, 2.45) is 0 Å². The number of nitrogens with one attached hydrogen (secondary N) is 1. The van der Waals surface area contributed by atoms with Crippen LogP contribution in [0.2, 0.25) is 0 Å². The summed E-state index contributed by atoms with van der Waals surface area (Å²) in [5.41, 5.74) is 0. The summed E-state index contributed by atoms with van der Waals surface area (Å²) in [5, 5.41) is 3.44. The van der Waals surface area contributed by atoms with E-state index in [1.807, 2.05) is 4.90 Å². The van der Waals surface area contributed by atoms with Gasteiger partial charge < -0.3 is 24.6 Å². The molecule has 184 valence electrons. The van der Waals surface area contributed by atoms with Crippen LogP contribution in [-0.2, 0) is 19.1 Å². The van der Waals surface area contributed by atoms with Crippen molar-refractivity contribution in [3.63, 3.8) is 0 Å². The van der Waals surface area contributed by atoms with Gasteiger partial charge in [-0.1, -0.05) is 0 Å². The first-order chi connectivity index (χ1) is 13.7. The number of esters is 1. The molecule has 0 unspecified atom stereocenters. The molecule has 8 nitrogen and oxygen atoms in total. The summed E-state index contributed by atoms with van der Waals surface area (Å²) in [6.07, 6.45) is 4.75. The van der Waals surface area contributed by atoms with Crippen LogP contribution in [0.15, 0.2) is 0 Å². The number of ether oxygens (including phenoxy) is 2. The number of hydrogen-bond donors (Lipinski definition) is 1. The predicted molar refractivity (Wildman–Crippen MR) is 128 cm³/mol. The summed E-state index contributed by atoms with van der Waals surface area (Å²) in [6.45, 7) is 8.97. The number of nitrogens with zero attached hydrogens (tertiary/aromatic N) is 3. The van der Waals surface area contributed by atoms with E-state index in [4.69, 9.17) is 4.74 Å². The second-order valence-corrected chi connectivity index (χ2v) is 8.08. The number of piperazine rings is 1. The quantitative estimate of drug-likeness (QED) is 0.521. The molecule has 0 aromatic rings. The van der Waals surface area contributed by atoms with E-state index in [1.165, 1.54) is 20.0 Å². The maximum Gasteiger partial charge on any atom is 0.331 e. The Morgan fingerprint density at radius 1 is 0.903 bits per heavy atom. The second-order valence-electron chi connectivity index (χ2n) is 8.08. The Morgan fingerprint density at radius 2 is 1.52 bits per heavy atom. The van der Waals surface area contributed by atoms with Gasteiger partial charge in [0.15, 0.2) is 0 Å². The molecule has 31 heavy (non-hydrogen) atoms. The highest BCUT2D eigenvalue weighted by Gasteiger charge is 2.27. The van der Waals surface area contributed by atoms with Crippen molar-refractivity contribution < 1.29 is 19.1 Å². The third kappa shape index (κ3) is 9.98. The van der Waals surface area contributed by atoms with Crippen LogP contribution in [0.1, 0.15) is 32.1 Å². The summed E-state index contributed by atoms with van der Waals surface area (Å²) < 4.78 is 10.1. The number of amides is 1. The maximum atomic E-state index is 12.5. The van der Waals surface area contributed by atoms with Gasteiger partial charge >= 0.3 is 5.97 Å². The van der Waals surface area contributed by atoms with Gasteiger partial charge in [0.05, 0.1) is 13.2 Å². The molecule has 11 heteroatoms. The number of rotatable bonds is 7. The van der Waals surface area contributed by atoms with Gasteiger partial charge in [-0.05, 0) is 38.8 Å². The third-order valence-corrected chi connectivity index (χ3v) is 6.33. The number of methoxy groups -OCH3 is 1. The number of likely N-dealkylation sites (tertiary alicyclic amines) is 1. The van der Waals surface area contributed by atoms with E-state index >= 15 is 0 Å². The molecule has 0 radical (unpaired) electrons. The third-order valence-electron chi connectivity index (χ3n) is 6.33. The van der Waals surface area contributed by atoms with Crippen molar-refractivity contribution in [2.75, 3.05) is 72.6 Å². The molecule has 0 aromatic heterocycles. The molecule has 0 aromatic carbocycles. The Labute approximate surface area is 204 Å². The molecule has 0 saturated carbocycles. The normalized spacial score (nSPS) is 21.4. The molecular formula is C20H39Cl3N4O4. The Balaban J connectivity index is 0.00000300. The molecule has 0 spiro atoms. The lowest BCUT2D eigenvalue weighted by atomic mass is 10.0. The van der Waals surface area contributed by atoms with Crippen LogP contribution in [0, 0.1) is 0 Å². The van der Waals surface area contributed by atoms with Crippen LogP contribution in [0.4, 0.5) is 0 Å². The van der Waals surface area contributed by atoms with Crippen molar-refractivity contribution in [2.45, 2.75) is 44.2 Å². The molecule has 1 amide bonds. The molecule has 0 aliphatic carbocycles. The van der Waals surface area contributed by atoms with Crippen molar-refractivity contribution in [3.05, 3.63) is 0 Å². The highest BCUT2D eigenvalue weighted by molar-refractivity contribution is 5.86.